The van der Waals surface area contributed by atoms with Crippen molar-refractivity contribution in [1.82, 2.24) is 14.6 Å². The number of anilines is 1. The van der Waals surface area contributed by atoms with Crippen molar-refractivity contribution in [3.05, 3.63) is 59.0 Å². The van der Waals surface area contributed by atoms with E-state index >= 15 is 0 Å². The number of hydrogen-bond donors (Lipinski definition) is 0. The van der Waals surface area contributed by atoms with E-state index in [-0.39, 0.29) is 11.3 Å². The molecule has 0 N–H and O–H groups in total. The highest BCUT2D eigenvalue weighted by atomic mass is 19.4. The molecular formula is C20H19F3N4. The molecule has 0 unspecified atom stereocenters. The van der Waals surface area contributed by atoms with Crippen molar-refractivity contribution in [2.75, 3.05) is 11.4 Å². The van der Waals surface area contributed by atoms with Gasteiger partial charge in [0.25, 0.3) is 0 Å². The van der Waals surface area contributed by atoms with Crippen molar-refractivity contribution in [2.24, 2.45) is 5.92 Å². The summed E-state index contributed by atoms with van der Waals surface area (Å²) in [5, 5.41) is 8.00. The second-order valence-electron chi connectivity index (χ2n) is 7.47. The van der Waals surface area contributed by atoms with Gasteiger partial charge in [0, 0.05) is 25.7 Å². The van der Waals surface area contributed by atoms with Gasteiger partial charge in [-0.3, -0.25) is 4.40 Å². The van der Waals surface area contributed by atoms with Gasteiger partial charge in [0.1, 0.15) is 11.4 Å². The van der Waals surface area contributed by atoms with E-state index in [1.165, 1.54) is 9.96 Å². The van der Waals surface area contributed by atoms with Gasteiger partial charge in [-0.15, -0.1) is 10.2 Å². The molecule has 2 aliphatic rings. The minimum Gasteiger partial charge on any atom is -0.366 e. The standard InChI is InChI=1S/C20H19F3N4/c21-20(22,23)18-16(26-9-7-14-3-1-2-4-15(14)12-26)8-10-27-17(11-13-5-6-13)24-25-19(18)27/h1-4,8,10,13H,5-7,9,11-12H2. The Morgan fingerprint density at radius 3 is 2.56 bits per heavy atom. The molecule has 1 fully saturated rings. The molecule has 0 atom stereocenters. The first-order valence-electron chi connectivity index (χ1n) is 9.26. The van der Waals surface area contributed by atoms with E-state index in [9.17, 15) is 13.2 Å². The summed E-state index contributed by atoms with van der Waals surface area (Å²) in [4.78, 5) is 1.81. The first-order chi connectivity index (χ1) is 13.0. The van der Waals surface area contributed by atoms with Crippen LogP contribution in [0.5, 0.6) is 0 Å². The summed E-state index contributed by atoms with van der Waals surface area (Å²) < 4.78 is 43.5. The zero-order chi connectivity index (χ0) is 18.6. The molecule has 1 aromatic carbocycles. The number of nitrogens with zero attached hydrogens (tertiary/aromatic N) is 4. The Morgan fingerprint density at radius 2 is 1.81 bits per heavy atom. The van der Waals surface area contributed by atoms with Gasteiger partial charge >= 0.3 is 6.18 Å². The van der Waals surface area contributed by atoms with Gasteiger partial charge < -0.3 is 4.90 Å². The molecule has 5 rings (SSSR count). The first kappa shape index (κ1) is 16.6. The van der Waals surface area contributed by atoms with Crippen LogP contribution in [0.25, 0.3) is 5.65 Å². The number of fused-ring (bicyclic) bond motifs is 2. The Kier molecular flexibility index (Phi) is 3.67. The number of hydrogen-bond acceptors (Lipinski definition) is 3. The van der Waals surface area contributed by atoms with Crippen LogP contribution in [0.15, 0.2) is 36.5 Å². The lowest BCUT2D eigenvalue weighted by Crippen LogP contribution is -2.32. The maximum absolute atomic E-state index is 14.0. The molecule has 1 saturated carbocycles. The lowest BCUT2D eigenvalue weighted by atomic mass is 9.99. The number of aromatic nitrogens is 3. The molecule has 0 bridgehead atoms. The molecule has 0 amide bonds. The quantitative estimate of drug-likeness (QED) is 0.689. The Labute approximate surface area is 154 Å². The van der Waals surface area contributed by atoms with E-state index in [4.69, 9.17) is 0 Å². The van der Waals surface area contributed by atoms with Crippen LogP contribution in [0.1, 0.15) is 35.4 Å². The van der Waals surface area contributed by atoms with Gasteiger partial charge in [0.15, 0.2) is 5.65 Å². The van der Waals surface area contributed by atoms with Crippen molar-refractivity contribution < 1.29 is 13.2 Å². The van der Waals surface area contributed by atoms with E-state index in [1.54, 1.807) is 17.2 Å². The first-order valence-corrected chi connectivity index (χ1v) is 9.26. The Balaban J connectivity index is 1.60. The minimum absolute atomic E-state index is 0.0884. The van der Waals surface area contributed by atoms with E-state index in [2.05, 4.69) is 10.2 Å². The topological polar surface area (TPSA) is 33.4 Å². The van der Waals surface area contributed by atoms with E-state index in [0.717, 1.165) is 24.8 Å². The summed E-state index contributed by atoms with van der Waals surface area (Å²) in [6.45, 7) is 1.03. The maximum atomic E-state index is 14.0. The van der Waals surface area contributed by atoms with Gasteiger partial charge in [0.2, 0.25) is 0 Å². The van der Waals surface area contributed by atoms with Crippen molar-refractivity contribution in [3.63, 3.8) is 0 Å². The predicted molar refractivity (Wildman–Crippen MR) is 95.6 cm³/mol. The number of rotatable bonds is 3. The van der Waals surface area contributed by atoms with E-state index < -0.39 is 11.7 Å². The fraction of sp³-hybridized carbons (Fsp3) is 0.400. The highest BCUT2D eigenvalue weighted by Gasteiger charge is 2.39. The Morgan fingerprint density at radius 1 is 1.04 bits per heavy atom. The molecule has 0 saturated heterocycles. The fourth-order valence-electron chi connectivity index (χ4n) is 3.95. The van der Waals surface area contributed by atoms with Crippen LogP contribution >= 0.6 is 0 Å². The summed E-state index contributed by atoms with van der Waals surface area (Å²) in [5.74, 6) is 1.15. The minimum atomic E-state index is -4.49. The molecule has 7 heteroatoms. The summed E-state index contributed by atoms with van der Waals surface area (Å²) in [6, 6.07) is 9.50. The van der Waals surface area contributed by atoms with Gasteiger partial charge in [0.05, 0.1) is 5.69 Å². The predicted octanol–water partition coefficient (Wildman–Crippen LogP) is 4.26. The van der Waals surface area contributed by atoms with Crippen molar-refractivity contribution in [3.8, 4) is 0 Å². The lowest BCUT2D eigenvalue weighted by Gasteiger charge is -2.32. The third kappa shape index (κ3) is 2.95. The highest BCUT2D eigenvalue weighted by Crippen LogP contribution is 2.41. The zero-order valence-electron chi connectivity index (χ0n) is 14.7. The normalized spacial score (nSPS) is 17.4. The third-order valence-corrected chi connectivity index (χ3v) is 5.55. The maximum Gasteiger partial charge on any atom is 0.422 e. The van der Waals surface area contributed by atoms with Gasteiger partial charge in [-0.05, 0) is 42.4 Å². The van der Waals surface area contributed by atoms with Gasteiger partial charge in [-0.1, -0.05) is 24.3 Å². The average molecular weight is 372 g/mol. The molecule has 3 aromatic rings. The van der Waals surface area contributed by atoms with Crippen LogP contribution in [-0.4, -0.2) is 21.1 Å². The summed E-state index contributed by atoms with van der Waals surface area (Å²) >= 11 is 0. The van der Waals surface area contributed by atoms with Crippen LogP contribution in [0, 0.1) is 5.92 Å². The number of benzene rings is 1. The molecule has 0 radical (unpaired) electrons. The summed E-state index contributed by atoms with van der Waals surface area (Å²) in [6.07, 6.45) is 0.864. The Hall–Kier alpha value is -2.57. The molecular weight excluding hydrogens is 353 g/mol. The van der Waals surface area contributed by atoms with Crippen LogP contribution in [-0.2, 0) is 25.6 Å². The number of pyridine rings is 1. The number of alkyl halides is 3. The second-order valence-corrected chi connectivity index (χ2v) is 7.47. The van der Waals surface area contributed by atoms with E-state index in [1.807, 2.05) is 24.3 Å². The van der Waals surface area contributed by atoms with Crippen molar-refractivity contribution >= 4 is 11.3 Å². The van der Waals surface area contributed by atoms with Gasteiger partial charge in [-0.25, -0.2) is 0 Å². The Bertz CT molecular complexity index is 1000. The molecule has 0 spiro atoms. The second kappa shape index (κ2) is 5.97. The summed E-state index contributed by atoms with van der Waals surface area (Å²) in [7, 11) is 0. The fourth-order valence-corrected chi connectivity index (χ4v) is 3.95. The molecule has 1 aliphatic carbocycles. The van der Waals surface area contributed by atoms with Crippen LogP contribution in [0.2, 0.25) is 0 Å². The van der Waals surface area contributed by atoms with E-state index in [0.29, 0.717) is 31.3 Å². The highest BCUT2D eigenvalue weighted by molar-refractivity contribution is 5.67. The zero-order valence-corrected chi connectivity index (χ0v) is 14.7. The smallest absolute Gasteiger partial charge is 0.366 e. The SMILES string of the molecule is FC(F)(F)c1c(N2CCc3ccccc3C2)ccn2c(CC3CC3)nnc12. The monoisotopic (exact) mass is 372 g/mol. The molecule has 1 aliphatic heterocycles. The van der Waals surface area contributed by atoms with Gasteiger partial charge in [-0.2, -0.15) is 13.2 Å². The molecule has 27 heavy (non-hydrogen) atoms. The van der Waals surface area contributed by atoms with Crippen LogP contribution in [0.4, 0.5) is 18.9 Å². The van der Waals surface area contributed by atoms with Crippen molar-refractivity contribution in [1.29, 1.82) is 0 Å². The summed E-state index contributed by atoms with van der Waals surface area (Å²) in [5.41, 5.74) is 1.70. The number of halogens is 3. The van der Waals surface area contributed by atoms with Crippen LogP contribution in [0.3, 0.4) is 0 Å². The third-order valence-electron chi connectivity index (χ3n) is 5.55. The molecule has 3 heterocycles. The molecule has 2 aromatic heterocycles. The average Bonchev–Trinajstić information content (AvgIpc) is 3.38. The van der Waals surface area contributed by atoms with Crippen molar-refractivity contribution in [2.45, 2.75) is 38.4 Å². The molecule has 4 nitrogen and oxygen atoms in total. The molecule has 140 valence electrons. The lowest BCUT2D eigenvalue weighted by molar-refractivity contribution is -0.136. The van der Waals surface area contributed by atoms with Crippen LogP contribution < -0.4 is 4.90 Å². The largest absolute Gasteiger partial charge is 0.422 e.